The molecule has 0 fully saturated rings. The number of para-hydroxylation sites is 1. The van der Waals surface area contributed by atoms with E-state index < -0.39 is 4.92 Å². The minimum absolute atomic E-state index is 0.00289. The van der Waals surface area contributed by atoms with Gasteiger partial charge in [-0.25, -0.2) is 4.98 Å². The van der Waals surface area contributed by atoms with Gasteiger partial charge in [0.25, 0.3) is 11.2 Å². The highest BCUT2D eigenvalue weighted by molar-refractivity contribution is 7.98. The number of aromatic nitrogens is 2. The maximum atomic E-state index is 13.2. The number of nitro benzene ring substituents is 1. The molecule has 2 heterocycles. The van der Waals surface area contributed by atoms with Gasteiger partial charge in [-0.2, -0.15) is 0 Å². The largest absolute Gasteiger partial charge is 0.467 e. The summed E-state index contributed by atoms with van der Waals surface area (Å²) in [6.45, 7) is 3.12. The Morgan fingerprint density at radius 2 is 2.06 bits per heavy atom. The van der Waals surface area contributed by atoms with Crippen LogP contribution < -0.4 is 10.3 Å². The van der Waals surface area contributed by atoms with Crippen molar-refractivity contribution < 1.29 is 14.4 Å². The molecule has 1 aliphatic heterocycles. The number of fused-ring (bicyclic) bond motifs is 2. The van der Waals surface area contributed by atoms with Gasteiger partial charge in [0.05, 0.1) is 22.4 Å². The fraction of sp³-hybridized carbons (Fsp3) is 0.391. The highest BCUT2D eigenvalue weighted by Crippen LogP contribution is 2.36. The molecule has 0 saturated carbocycles. The van der Waals surface area contributed by atoms with E-state index in [2.05, 4.69) is 6.92 Å². The van der Waals surface area contributed by atoms with E-state index in [0.29, 0.717) is 45.2 Å². The average Bonchev–Trinajstić information content (AvgIpc) is 2.81. The van der Waals surface area contributed by atoms with Gasteiger partial charge in [-0.15, -0.1) is 0 Å². The Hall–Kier alpha value is -2.91. The molecule has 0 bridgehead atoms. The monoisotopic (exact) mass is 455 g/mol. The first-order chi connectivity index (χ1) is 15.6. The highest BCUT2D eigenvalue weighted by atomic mass is 32.2. The van der Waals surface area contributed by atoms with Crippen molar-refractivity contribution in [2.45, 2.75) is 56.7 Å². The molecule has 0 saturated heterocycles. The van der Waals surface area contributed by atoms with Crippen molar-refractivity contribution >= 4 is 28.4 Å². The lowest BCUT2D eigenvalue weighted by atomic mass is 10.1. The summed E-state index contributed by atoms with van der Waals surface area (Å²) in [6, 6.07) is 10.3. The predicted octanol–water partition coefficient (Wildman–Crippen LogP) is 5.04. The third kappa shape index (κ3) is 4.78. The van der Waals surface area contributed by atoms with Gasteiger partial charge in [-0.05, 0) is 18.6 Å². The molecule has 0 aliphatic carbocycles. The Morgan fingerprint density at radius 3 is 2.88 bits per heavy atom. The van der Waals surface area contributed by atoms with Crippen LogP contribution in [0.5, 0.6) is 5.75 Å². The molecule has 0 atom stereocenters. The smallest absolute Gasteiger partial charge is 0.270 e. The van der Waals surface area contributed by atoms with Crippen molar-refractivity contribution in [3.8, 4) is 5.75 Å². The van der Waals surface area contributed by atoms with Crippen molar-refractivity contribution in [1.82, 2.24) is 9.55 Å². The zero-order valence-electron chi connectivity index (χ0n) is 17.9. The summed E-state index contributed by atoms with van der Waals surface area (Å²) >= 11 is 1.39. The summed E-state index contributed by atoms with van der Waals surface area (Å²) in [7, 11) is 0. The van der Waals surface area contributed by atoms with Crippen molar-refractivity contribution in [3.05, 3.63) is 68.0 Å². The second-order valence-electron chi connectivity index (χ2n) is 7.68. The van der Waals surface area contributed by atoms with Crippen LogP contribution >= 0.6 is 11.8 Å². The fourth-order valence-electron chi connectivity index (χ4n) is 3.79. The van der Waals surface area contributed by atoms with Crippen LogP contribution in [0.15, 0.2) is 46.3 Å². The van der Waals surface area contributed by atoms with Crippen molar-refractivity contribution in [3.63, 3.8) is 0 Å². The molecule has 9 heteroatoms. The third-order valence-corrected chi connectivity index (χ3v) is 6.43. The first-order valence-electron chi connectivity index (χ1n) is 10.7. The van der Waals surface area contributed by atoms with Gasteiger partial charge in [0.1, 0.15) is 5.75 Å². The first kappa shape index (κ1) is 22.3. The van der Waals surface area contributed by atoms with Gasteiger partial charge in [0, 0.05) is 35.6 Å². The highest BCUT2D eigenvalue weighted by Gasteiger charge is 2.22. The van der Waals surface area contributed by atoms with Crippen LogP contribution in [0.2, 0.25) is 0 Å². The van der Waals surface area contributed by atoms with E-state index in [-0.39, 0.29) is 24.6 Å². The zero-order chi connectivity index (χ0) is 22.5. The van der Waals surface area contributed by atoms with Crippen LogP contribution in [0, 0.1) is 10.1 Å². The number of nitro groups is 1. The summed E-state index contributed by atoms with van der Waals surface area (Å²) in [6.07, 6.45) is 4.19. The molecule has 0 amide bonds. The molecule has 168 valence electrons. The summed E-state index contributed by atoms with van der Waals surface area (Å²) < 4.78 is 12.7. The van der Waals surface area contributed by atoms with E-state index in [0.717, 1.165) is 25.7 Å². The molecule has 4 rings (SSSR count). The fourth-order valence-corrected chi connectivity index (χ4v) is 4.78. The lowest BCUT2D eigenvalue weighted by Gasteiger charge is -2.20. The molecular weight excluding hydrogens is 430 g/mol. The molecule has 8 nitrogen and oxygen atoms in total. The molecule has 0 unspecified atom stereocenters. The first-order valence-corrected chi connectivity index (χ1v) is 11.7. The van der Waals surface area contributed by atoms with E-state index in [9.17, 15) is 14.9 Å². The number of nitrogens with zero attached hydrogens (tertiary/aromatic N) is 3. The average molecular weight is 456 g/mol. The Balaban J connectivity index is 1.67. The Labute approximate surface area is 189 Å². The molecule has 32 heavy (non-hydrogen) atoms. The maximum absolute atomic E-state index is 13.2. The summed E-state index contributed by atoms with van der Waals surface area (Å²) in [5, 5.41) is 12.6. The Morgan fingerprint density at radius 1 is 1.22 bits per heavy atom. The lowest BCUT2D eigenvalue weighted by Crippen LogP contribution is -2.23. The number of non-ortho nitro benzene ring substituents is 1. The molecule has 2 aromatic carbocycles. The number of benzene rings is 2. The number of hydrogen-bond acceptors (Lipinski definition) is 7. The number of unbranched alkanes of at least 4 members (excludes halogenated alkanes) is 3. The lowest BCUT2D eigenvalue weighted by molar-refractivity contribution is -0.385. The van der Waals surface area contributed by atoms with Crippen LogP contribution in [0.3, 0.4) is 0 Å². The topological polar surface area (TPSA) is 96.5 Å². The SMILES string of the molecule is CCCCCCn1c(SCc2cc([N+](=O)[O-])cc3c2OCOC3)nc2ccccc2c1=O. The van der Waals surface area contributed by atoms with Gasteiger partial charge >= 0.3 is 0 Å². The van der Waals surface area contributed by atoms with E-state index in [4.69, 9.17) is 14.5 Å². The number of hydrogen-bond donors (Lipinski definition) is 0. The minimum atomic E-state index is -0.416. The van der Waals surface area contributed by atoms with Gasteiger partial charge in [-0.3, -0.25) is 19.5 Å². The third-order valence-electron chi connectivity index (χ3n) is 5.40. The Kier molecular flexibility index (Phi) is 7.06. The zero-order valence-corrected chi connectivity index (χ0v) is 18.7. The quantitative estimate of drug-likeness (QED) is 0.147. The maximum Gasteiger partial charge on any atom is 0.270 e. The second kappa shape index (κ2) is 10.1. The van der Waals surface area contributed by atoms with Gasteiger partial charge in [0.2, 0.25) is 0 Å². The predicted molar refractivity (Wildman–Crippen MR) is 123 cm³/mol. The number of rotatable bonds is 9. The van der Waals surface area contributed by atoms with Gasteiger partial charge in [0.15, 0.2) is 11.9 Å². The molecule has 0 radical (unpaired) electrons. The van der Waals surface area contributed by atoms with Gasteiger partial charge < -0.3 is 9.47 Å². The molecule has 0 spiro atoms. The van der Waals surface area contributed by atoms with Crippen molar-refractivity contribution in [2.24, 2.45) is 0 Å². The summed E-state index contributed by atoms with van der Waals surface area (Å²) in [5.74, 6) is 1.01. The van der Waals surface area contributed by atoms with Crippen molar-refractivity contribution in [2.75, 3.05) is 6.79 Å². The molecule has 3 aromatic rings. The number of thioether (sulfide) groups is 1. The van der Waals surface area contributed by atoms with Crippen LogP contribution in [0.25, 0.3) is 10.9 Å². The van der Waals surface area contributed by atoms with E-state index in [1.807, 2.05) is 18.2 Å². The van der Waals surface area contributed by atoms with E-state index in [1.165, 1.54) is 23.9 Å². The van der Waals surface area contributed by atoms with Crippen LogP contribution in [-0.4, -0.2) is 21.3 Å². The molecule has 0 N–H and O–H groups in total. The van der Waals surface area contributed by atoms with Crippen molar-refractivity contribution in [1.29, 1.82) is 0 Å². The van der Waals surface area contributed by atoms with Crippen LogP contribution in [0.1, 0.15) is 43.7 Å². The standard InChI is InChI=1S/C23H25N3O5S/c1-2-3-4-7-10-25-22(27)19-8-5-6-9-20(19)24-23(25)32-14-17-12-18(26(28)29)11-16-13-30-15-31-21(16)17/h5-6,8-9,11-12H,2-4,7,10,13-15H2,1H3. The molecule has 1 aromatic heterocycles. The van der Waals surface area contributed by atoms with Gasteiger partial charge in [-0.1, -0.05) is 50.1 Å². The second-order valence-corrected chi connectivity index (χ2v) is 8.62. The number of ether oxygens (including phenoxy) is 2. The molecule has 1 aliphatic rings. The summed E-state index contributed by atoms with van der Waals surface area (Å²) in [4.78, 5) is 28.9. The van der Waals surface area contributed by atoms with E-state index >= 15 is 0 Å². The van der Waals surface area contributed by atoms with Crippen LogP contribution in [0.4, 0.5) is 5.69 Å². The molecular formula is C23H25N3O5S. The van der Waals surface area contributed by atoms with Crippen LogP contribution in [-0.2, 0) is 23.6 Å². The normalized spacial score (nSPS) is 13.0. The van der Waals surface area contributed by atoms with E-state index in [1.54, 1.807) is 10.6 Å². The summed E-state index contributed by atoms with van der Waals surface area (Å²) in [5.41, 5.74) is 1.94. The Bertz CT molecular complexity index is 1190. The minimum Gasteiger partial charge on any atom is -0.467 e.